The summed E-state index contributed by atoms with van der Waals surface area (Å²) in [7, 11) is 1.58. The predicted molar refractivity (Wildman–Crippen MR) is 128 cm³/mol. The number of ether oxygens (including phenoxy) is 1. The monoisotopic (exact) mass is 440 g/mol. The summed E-state index contributed by atoms with van der Waals surface area (Å²) in [4.78, 5) is 4.23. The Balaban J connectivity index is 2.01. The van der Waals surface area contributed by atoms with Gasteiger partial charge in [0, 0.05) is 6.07 Å². The number of nitrogens with two attached hydrogens (primary N) is 1. The smallest absolute Gasteiger partial charge is 0.244 e. The Hall–Kier alpha value is -3.83. The normalized spacial score (nSPS) is 11.6. The molecule has 0 fully saturated rings. The van der Waals surface area contributed by atoms with Gasteiger partial charge in [0.15, 0.2) is 0 Å². The Morgan fingerprint density at radius 1 is 0.812 bits per heavy atom. The number of benzene rings is 3. The molecule has 0 aliphatic heterocycles. The summed E-state index contributed by atoms with van der Waals surface area (Å²) in [5, 5.41) is 5.85. The lowest BCUT2D eigenvalue weighted by molar-refractivity contribution is 0.378. The molecule has 0 atom stereocenters. The van der Waals surface area contributed by atoms with E-state index in [9.17, 15) is 0 Å². The van der Waals surface area contributed by atoms with E-state index < -0.39 is 5.54 Å². The molecule has 5 nitrogen and oxygen atoms in total. The van der Waals surface area contributed by atoms with E-state index in [4.69, 9.17) is 27.2 Å². The van der Waals surface area contributed by atoms with E-state index in [2.05, 4.69) is 41.4 Å². The number of nitrogen functional groups attached to an aromatic ring is 1. The average molecular weight is 441 g/mol. The van der Waals surface area contributed by atoms with E-state index in [1.54, 1.807) is 13.2 Å². The molecule has 5 rings (SSSR count). The van der Waals surface area contributed by atoms with Crippen molar-refractivity contribution in [3.8, 4) is 5.88 Å². The third kappa shape index (κ3) is 3.01. The molecule has 0 spiro atoms. The van der Waals surface area contributed by atoms with Gasteiger partial charge in [-0.3, -0.25) is 0 Å². The highest BCUT2D eigenvalue weighted by Gasteiger charge is 2.41. The molecule has 2 heterocycles. The van der Waals surface area contributed by atoms with Crippen molar-refractivity contribution in [2.45, 2.75) is 5.54 Å². The molecule has 0 radical (unpaired) electrons. The number of fused-ring (bicyclic) bond motifs is 1. The Bertz CT molecular complexity index is 1270. The Labute approximate surface area is 191 Å². The van der Waals surface area contributed by atoms with Crippen LogP contribution in [0.3, 0.4) is 0 Å². The van der Waals surface area contributed by atoms with Gasteiger partial charge in [0.2, 0.25) is 5.88 Å². The number of nitrogens with zero attached hydrogens (tertiary/aromatic N) is 3. The lowest BCUT2D eigenvalue weighted by Crippen LogP contribution is -2.38. The van der Waals surface area contributed by atoms with Gasteiger partial charge >= 0.3 is 0 Å². The number of hydrogen-bond acceptors (Lipinski definition) is 4. The number of methoxy groups -OCH3 is 1. The average Bonchev–Trinajstić information content (AvgIpc) is 3.21. The first-order valence-corrected chi connectivity index (χ1v) is 10.6. The van der Waals surface area contributed by atoms with Crippen molar-refractivity contribution in [3.05, 3.63) is 119 Å². The second-order valence-corrected chi connectivity index (χ2v) is 7.84. The molecular formula is C26H21ClN4O. The molecule has 0 unspecified atom stereocenters. The third-order valence-electron chi connectivity index (χ3n) is 5.71. The first-order valence-electron chi connectivity index (χ1n) is 10.2. The number of halogens is 1. The maximum absolute atomic E-state index is 6.36. The Kier molecular flexibility index (Phi) is 5.04. The van der Waals surface area contributed by atoms with Gasteiger partial charge in [0.1, 0.15) is 21.9 Å². The summed E-state index contributed by atoms with van der Waals surface area (Å²) >= 11 is 6.36. The van der Waals surface area contributed by atoms with Crippen LogP contribution in [-0.4, -0.2) is 21.9 Å². The number of hydrogen-bond donors (Lipinski definition) is 1. The maximum atomic E-state index is 6.36. The predicted octanol–water partition coefficient (Wildman–Crippen LogP) is 5.52. The van der Waals surface area contributed by atoms with Crippen LogP contribution in [-0.2, 0) is 5.54 Å². The second-order valence-electron chi connectivity index (χ2n) is 7.45. The van der Waals surface area contributed by atoms with Crippen LogP contribution in [0, 0.1) is 0 Å². The van der Waals surface area contributed by atoms with Gasteiger partial charge in [0.05, 0.1) is 12.6 Å². The van der Waals surface area contributed by atoms with E-state index in [0.717, 1.165) is 22.2 Å². The highest BCUT2D eigenvalue weighted by Crippen LogP contribution is 2.44. The standard InChI is InChI=1S/C26H21ClN4O/c1-32-25-23-21(17-22(27)29-24(23)28)31(30-25)26(18-11-5-2-6-12-18,19-13-7-3-8-14-19)20-15-9-4-10-16-20/h2-17H,1H3,(H2,28,29). The second kappa shape index (κ2) is 8.02. The van der Waals surface area contributed by atoms with Crippen molar-refractivity contribution in [3.63, 3.8) is 0 Å². The first-order chi connectivity index (χ1) is 15.7. The zero-order valence-corrected chi connectivity index (χ0v) is 18.2. The zero-order valence-electron chi connectivity index (χ0n) is 17.4. The van der Waals surface area contributed by atoms with Gasteiger partial charge in [-0.2, -0.15) is 0 Å². The number of anilines is 1. The summed E-state index contributed by atoms with van der Waals surface area (Å²) in [5.74, 6) is 0.674. The molecule has 0 bridgehead atoms. The van der Waals surface area contributed by atoms with Crippen molar-refractivity contribution < 1.29 is 4.74 Å². The summed E-state index contributed by atoms with van der Waals surface area (Å²) < 4.78 is 7.59. The van der Waals surface area contributed by atoms with Gasteiger partial charge in [0.25, 0.3) is 0 Å². The van der Waals surface area contributed by atoms with Gasteiger partial charge < -0.3 is 10.5 Å². The van der Waals surface area contributed by atoms with Crippen molar-refractivity contribution >= 4 is 28.3 Å². The van der Waals surface area contributed by atoms with Crippen molar-refractivity contribution in [2.24, 2.45) is 0 Å². The van der Waals surface area contributed by atoms with Gasteiger partial charge in [-0.15, -0.1) is 5.10 Å². The quantitative estimate of drug-likeness (QED) is 0.289. The topological polar surface area (TPSA) is 66.0 Å². The lowest BCUT2D eigenvalue weighted by Gasteiger charge is -2.36. The largest absolute Gasteiger partial charge is 0.479 e. The van der Waals surface area contributed by atoms with Gasteiger partial charge in [-0.05, 0) is 16.7 Å². The minimum atomic E-state index is -0.810. The highest BCUT2D eigenvalue weighted by atomic mass is 35.5. The molecule has 2 aromatic heterocycles. The molecular weight excluding hydrogens is 420 g/mol. The van der Waals surface area contributed by atoms with E-state index in [-0.39, 0.29) is 5.82 Å². The number of aromatic nitrogens is 3. The number of rotatable bonds is 5. The zero-order chi connectivity index (χ0) is 22.1. The molecule has 2 N–H and O–H groups in total. The SMILES string of the molecule is COc1nn(C(c2ccccc2)(c2ccccc2)c2ccccc2)c2cc(Cl)nc(N)c12. The van der Waals surface area contributed by atoms with Crippen molar-refractivity contribution in [2.75, 3.05) is 12.8 Å². The number of pyridine rings is 1. The van der Waals surface area contributed by atoms with Crippen LogP contribution >= 0.6 is 11.6 Å². The Morgan fingerprint density at radius 3 is 1.72 bits per heavy atom. The molecule has 0 amide bonds. The Morgan fingerprint density at radius 2 is 1.28 bits per heavy atom. The van der Waals surface area contributed by atoms with Crippen LogP contribution in [0.5, 0.6) is 5.88 Å². The molecule has 0 aliphatic rings. The summed E-state index contributed by atoms with van der Waals surface area (Å²) in [6.45, 7) is 0. The van der Waals surface area contributed by atoms with Gasteiger partial charge in [-0.1, -0.05) is 103 Å². The molecule has 158 valence electrons. The fourth-order valence-electron chi connectivity index (χ4n) is 4.40. The fraction of sp³-hybridized carbons (Fsp3) is 0.0769. The van der Waals surface area contributed by atoms with Gasteiger partial charge in [-0.25, -0.2) is 9.67 Å². The summed E-state index contributed by atoms with van der Waals surface area (Å²) in [6.07, 6.45) is 0. The summed E-state index contributed by atoms with van der Waals surface area (Å²) in [6, 6.07) is 32.6. The van der Waals surface area contributed by atoms with Crippen LogP contribution in [0.4, 0.5) is 5.82 Å². The van der Waals surface area contributed by atoms with Crippen LogP contribution in [0.25, 0.3) is 10.9 Å². The van der Waals surface area contributed by atoms with Crippen molar-refractivity contribution in [1.82, 2.24) is 14.8 Å². The molecule has 0 saturated carbocycles. The van der Waals surface area contributed by atoms with Crippen LogP contribution < -0.4 is 10.5 Å². The van der Waals surface area contributed by atoms with E-state index in [0.29, 0.717) is 16.4 Å². The molecule has 6 heteroatoms. The molecule has 0 aliphatic carbocycles. The molecule has 5 aromatic rings. The lowest BCUT2D eigenvalue weighted by atomic mass is 9.77. The molecule has 3 aromatic carbocycles. The van der Waals surface area contributed by atoms with E-state index >= 15 is 0 Å². The maximum Gasteiger partial charge on any atom is 0.244 e. The minimum absolute atomic E-state index is 0.277. The van der Waals surface area contributed by atoms with Crippen LogP contribution in [0.2, 0.25) is 5.15 Å². The first kappa shape index (κ1) is 20.1. The third-order valence-corrected chi connectivity index (χ3v) is 5.91. The van der Waals surface area contributed by atoms with Crippen LogP contribution in [0.15, 0.2) is 97.1 Å². The highest BCUT2D eigenvalue weighted by molar-refractivity contribution is 6.30. The van der Waals surface area contributed by atoms with Crippen molar-refractivity contribution in [1.29, 1.82) is 0 Å². The van der Waals surface area contributed by atoms with Crippen LogP contribution in [0.1, 0.15) is 16.7 Å². The van der Waals surface area contributed by atoms with E-state index in [1.165, 1.54) is 0 Å². The summed E-state index contributed by atoms with van der Waals surface area (Å²) in [5.41, 5.74) is 9.31. The minimum Gasteiger partial charge on any atom is -0.479 e. The fourth-order valence-corrected chi connectivity index (χ4v) is 4.60. The molecule has 0 saturated heterocycles. The van der Waals surface area contributed by atoms with E-state index in [1.807, 2.05) is 59.3 Å². The molecule has 32 heavy (non-hydrogen) atoms.